The third-order valence-electron chi connectivity index (χ3n) is 15.0. The number of aromatic nitrogens is 2. The molecule has 2 aliphatic carbocycles. The molecular weight excluding hydrogens is 917 g/mol. The first kappa shape index (κ1) is 45.1. The molecule has 0 atom stereocenters. The summed E-state index contributed by atoms with van der Waals surface area (Å²) in [4.78, 5) is 13.4. The molecule has 7 aromatic carbocycles. The fraction of sp³-hybridized carbons (Fsp3) is 0.0435. The normalized spacial score (nSPS) is 13.8. The van der Waals surface area contributed by atoms with Crippen LogP contribution in [-0.2, 0) is 10.8 Å². The van der Waals surface area contributed by atoms with Gasteiger partial charge < -0.3 is 8.83 Å². The lowest BCUT2D eigenvalue weighted by molar-refractivity contribution is 0.532. The summed E-state index contributed by atoms with van der Waals surface area (Å²) in [5.74, 6) is 2.36. The summed E-state index contributed by atoms with van der Waals surface area (Å²) in [5, 5.41) is 0. The molecule has 0 aliphatic heterocycles. The van der Waals surface area contributed by atoms with Crippen molar-refractivity contribution < 1.29 is 8.83 Å². The smallest absolute Gasteiger partial charge is 0.205 e. The zero-order chi connectivity index (χ0) is 50.3. The number of rotatable bonds is 13. The van der Waals surface area contributed by atoms with Gasteiger partial charge in [-0.3, -0.25) is 19.8 Å². The van der Waals surface area contributed by atoms with Gasteiger partial charge in [0.1, 0.15) is 0 Å². The first-order valence-corrected chi connectivity index (χ1v) is 25.3. The lowest BCUT2D eigenvalue weighted by Gasteiger charge is -2.35. The molecule has 0 N–H and O–H groups in total. The quantitative estimate of drug-likeness (QED) is 0.115. The van der Waals surface area contributed by atoms with Crippen molar-refractivity contribution >= 4 is 40.1 Å². The van der Waals surface area contributed by atoms with Crippen LogP contribution in [0.2, 0.25) is 0 Å². The lowest BCUT2D eigenvalue weighted by Crippen LogP contribution is -2.29. The average molecular weight is 967 g/mol. The van der Waals surface area contributed by atoms with Crippen molar-refractivity contribution in [2.75, 3.05) is 9.80 Å². The predicted octanol–water partition coefficient (Wildman–Crippen LogP) is 17.5. The molecular formula is C69H50N4O2. The maximum atomic E-state index is 6.95. The SMILES string of the molecule is C=CC1=C(/C=C\C)C(c2ccccc2)(c2ccccc2)c2cc(N(c3cccnc3)c3ccc(-c4ccc(N(c5cccnc5)c5ccc6c(c5)C(c5ccccc5)(c5ccccc5)c5ccccc5-6)o4)o3)ccc21. The monoisotopic (exact) mass is 966 g/mol. The number of benzene rings is 7. The zero-order valence-electron chi connectivity index (χ0n) is 41.3. The second kappa shape index (κ2) is 18.7. The van der Waals surface area contributed by atoms with E-state index in [0.29, 0.717) is 23.3 Å². The molecule has 13 rings (SSSR count). The highest BCUT2D eigenvalue weighted by Gasteiger charge is 2.48. The maximum Gasteiger partial charge on any atom is 0.205 e. The minimum absolute atomic E-state index is 0.572. The van der Waals surface area contributed by atoms with Gasteiger partial charge in [-0.2, -0.15) is 0 Å². The Labute approximate surface area is 437 Å². The van der Waals surface area contributed by atoms with Crippen LogP contribution < -0.4 is 9.80 Å². The van der Waals surface area contributed by atoms with Crippen molar-refractivity contribution in [3.63, 3.8) is 0 Å². The fourth-order valence-electron chi connectivity index (χ4n) is 12.0. The highest BCUT2D eigenvalue weighted by Crippen LogP contribution is 2.59. The minimum Gasteiger partial charge on any atom is -0.437 e. The number of anilines is 6. The Bertz CT molecular complexity index is 3840. The average Bonchev–Trinajstić information content (AvgIpc) is 4.42. The number of allylic oxidation sites excluding steroid dienone is 5. The molecule has 6 nitrogen and oxygen atoms in total. The highest BCUT2D eigenvalue weighted by molar-refractivity contribution is 5.94. The Morgan fingerprint density at radius 3 is 1.32 bits per heavy atom. The first-order chi connectivity index (χ1) is 37.1. The number of fused-ring (bicyclic) bond motifs is 4. The molecule has 0 spiro atoms. The molecule has 0 saturated heterocycles. The Hall–Kier alpha value is -9.78. The Morgan fingerprint density at radius 2 is 0.853 bits per heavy atom. The van der Waals surface area contributed by atoms with Crippen LogP contribution in [0.25, 0.3) is 28.2 Å². The number of nitrogens with zero attached hydrogens (tertiary/aromatic N) is 4. The first-order valence-electron chi connectivity index (χ1n) is 25.3. The van der Waals surface area contributed by atoms with E-state index in [1.807, 2.05) is 54.9 Å². The van der Waals surface area contributed by atoms with Crippen LogP contribution in [-0.4, -0.2) is 9.97 Å². The molecule has 4 aromatic heterocycles. The van der Waals surface area contributed by atoms with E-state index in [1.54, 1.807) is 12.4 Å². The van der Waals surface area contributed by atoms with E-state index >= 15 is 0 Å². The van der Waals surface area contributed by atoms with Crippen LogP contribution in [0, 0.1) is 0 Å². The topological polar surface area (TPSA) is 58.5 Å². The van der Waals surface area contributed by atoms with Crippen LogP contribution in [0.3, 0.4) is 0 Å². The van der Waals surface area contributed by atoms with Gasteiger partial charge in [-0.15, -0.1) is 0 Å². The van der Waals surface area contributed by atoms with Crippen molar-refractivity contribution in [2.45, 2.75) is 17.8 Å². The molecule has 11 aromatic rings. The molecule has 0 radical (unpaired) electrons. The summed E-state index contributed by atoms with van der Waals surface area (Å²) in [7, 11) is 0. The van der Waals surface area contributed by atoms with Crippen LogP contribution in [0.15, 0.2) is 295 Å². The molecule has 0 bridgehead atoms. The van der Waals surface area contributed by atoms with Gasteiger partial charge in [0.2, 0.25) is 11.8 Å². The molecule has 6 heteroatoms. The van der Waals surface area contributed by atoms with Crippen LogP contribution in [0.4, 0.5) is 34.5 Å². The summed E-state index contributed by atoms with van der Waals surface area (Å²) < 4.78 is 13.9. The molecule has 0 amide bonds. The van der Waals surface area contributed by atoms with E-state index < -0.39 is 10.8 Å². The largest absolute Gasteiger partial charge is 0.437 e. The van der Waals surface area contributed by atoms with Gasteiger partial charge >= 0.3 is 0 Å². The third-order valence-corrected chi connectivity index (χ3v) is 15.0. The van der Waals surface area contributed by atoms with Gasteiger partial charge in [0.15, 0.2) is 11.5 Å². The fourth-order valence-corrected chi connectivity index (χ4v) is 12.0. The summed E-state index contributed by atoms with van der Waals surface area (Å²) >= 11 is 0. The predicted molar refractivity (Wildman–Crippen MR) is 303 cm³/mol. The van der Waals surface area contributed by atoms with Crippen LogP contribution in [0.1, 0.15) is 51.4 Å². The van der Waals surface area contributed by atoms with Gasteiger partial charge in [-0.1, -0.05) is 183 Å². The van der Waals surface area contributed by atoms with Gasteiger partial charge in [0.05, 0.1) is 34.6 Å². The summed E-state index contributed by atoms with van der Waals surface area (Å²) in [6.45, 7) is 6.45. The molecule has 0 unspecified atom stereocenters. The van der Waals surface area contributed by atoms with Gasteiger partial charge in [-0.25, -0.2) is 0 Å². The molecule has 75 heavy (non-hydrogen) atoms. The summed E-state index contributed by atoms with van der Waals surface area (Å²) in [6, 6.07) is 81.6. The molecule has 2 aliphatic rings. The van der Waals surface area contributed by atoms with E-state index in [9.17, 15) is 0 Å². The molecule has 4 heterocycles. The molecule has 0 saturated carbocycles. The second-order valence-electron chi connectivity index (χ2n) is 18.9. The van der Waals surface area contributed by atoms with Gasteiger partial charge in [-0.05, 0) is 134 Å². The summed E-state index contributed by atoms with van der Waals surface area (Å²) in [5.41, 5.74) is 16.4. The van der Waals surface area contributed by atoms with E-state index in [1.165, 1.54) is 50.1 Å². The van der Waals surface area contributed by atoms with Crippen molar-refractivity contribution in [2.24, 2.45) is 0 Å². The van der Waals surface area contributed by atoms with Crippen LogP contribution in [0.5, 0.6) is 0 Å². The van der Waals surface area contributed by atoms with E-state index in [2.05, 4.69) is 240 Å². The molecule has 358 valence electrons. The minimum atomic E-state index is -0.642. The second-order valence-corrected chi connectivity index (χ2v) is 18.9. The summed E-state index contributed by atoms with van der Waals surface area (Å²) in [6.07, 6.45) is 13.7. The highest BCUT2D eigenvalue weighted by atomic mass is 16.4. The van der Waals surface area contributed by atoms with Crippen molar-refractivity contribution in [1.29, 1.82) is 0 Å². The van der Waals surface area contributed by atoms with Gasteiger partial charge in [0, 0.05) is 35.9 Å². The maximum absolute atomic E-state index is 6.95. The van der Waals surface area contributed by atoms with E-state index in [0.717, 1.165) is 39.4 Å². The number of hydrogen-bond donors (Lipinski definition) is 0. The molecule has 0 fully saturated rings. The van der Waals surface area contributed by atoms with Gasteiger partial charge in [0.25, 0.3) is 0 Å². The third kappa shape index (κ3) is 7.17. The Kier molecular flexibility index (Phi) is 11.2. The Balaban J connectivity index is 0.929. The van der Waals surface area contributed by atoms with Crippen molar-refractivity contribution in [1.82, 2.24) is 9.97 Å². The van der Waals surface area contributed by atoms with Crippen molar-refractivity contribution in [3.8, 4) is 22.6 Å². The van der Waals surface area contributed by atoms with E-state index in [-0.39, 0.29) is 0 Å². The number of pyridine rings is 2. The Morgan fingerprint density at radius 1 is 0.413 bits per heavy atom. The number of furan rings is 2. The number of hydrogen-bond acceptors (Lipinski definition) is 6. The van der Waals surface area contributed by atoms with Crippen molar-refractivity contribution in [3.05, 3.63) is 330 Å². The zero-order valence-corrected chi connectivity index (χ0v) is 41.3. The lowest BCUT2D eigenvalue weighted by atomic mass is 9.66. The van der Waals surface area contributed by atoms with Crippen LogP contribution >= 0.6 is 0 Å². The van der Waals surface area contributed by atoms with E-state index in [4.69, 9.17) is 8.83 Å². The standard InChI is InChI=1S/C69H50N4O2/c1-3-21-60-56(4-2)58-36-34-52(44-62(58)68(60,48-22-9-5-10-23-48)49-24-11-6-12-25-49)72(54-30-19-42-70-46-54)66-40-38-64(74-66)65-39-41-67(75-65)73(55-31-20-43-71-47-55)53-35-37-59-57-32-17-18-33-61(57)69(63(59)45-53,50-26-13-7-14-27-50)51-28-15-8-16-29-51/h3-47H,2H2,1H3/b21-3-.